The summed E-state index contributed by atoms with van der Waals surface area (Å²) in [7, 11) is 0. The zero-order valence-corrected chi connectivity index (χ0v) is 9.37. The zero-order chi connectivity index (χ0) is 10.5. The molecule has 3 nitrogen and oxygen atoms in total. The highest BCUT2D eigenvalue weighted by atomic mass is 15.2. The Kier molecular flexibility index (Phi) is 3.56. The SMILES string of the molecule is Cc1cccnc1NCCN1CCCC1. The van der Waals surface area contributed by atoms with Gasteiger partial charge in [0, 0.05) is 19.3 Å². The Morgan fingerprint density at radius 2 is 2.20 bits per heavy atom. The van der Waals surface area contributed by atoms with Gasteiger partial charge in [-0.2, -0.15) is 0 Å². The Bertz CT molecular complexity index is 305. The standard InChI is InChI=1S/C12H19N3/c1-11-5-4-6-13-12(11)14-7-10-15-8-2-3-9-15/h4-6H,2-3,7-10H2,1H3,(H,13,14). The first-order valence-electron chi connectivity index (χ1n) is 5.74. The maximum Gasteiger partial charge on any atom is 0.128 e. The average Bonchev–Trinajstić information content (AvgIpc) is 2.74. The molecule has 0 unspecified atom stereocenters. The third-order valence-electron chi connectivity index (χ3n) is 2.93. The third-order valence-corrected chi connectivity index (χ3v) is 2.93. The van der Waals surface area contributed by atoms with Crippen LogP contribution in [0.1, 0.15) is 18.4 Å². The first-order valence-corrected chi connectivity index (χ1v) is 5.74. The van der Waals surface area contributed by atoms with Gasteiger partial charge in [0.1, 0.15) is 5.82 Å². The molecule has 0 spiro atoms. The molecule has 1 saturated heterocycles. The number of hydrogen-bond donors (Lipinski definition) is 1. The van der Waals surface area contributed by atoms with Crippen molar-refractivity contribution >= 4 is 5.82 Å². The highest BCUT2D eigenvalue weighted by molar-refractivity contribution is 5.42. The first-order chi connectivity index (χ1) is 7.36. The van der Waals surface area contributed by atoms with Crippen molar-refractivity contribution < 1.29 is 0 Å². The summed E-state index contributed by atoms with van der Waals surface area (Å²) in [4.78, 5) is 6.82. The van der Waals surface area contributed by atoms with Crippen LogP contribution in [0.25, 0.3) is 0 Å². The molecule has 0 radical (unpaired) electrons. The molecule has 15 heavy (non-hydrogen) atoms. The Morgan fingerprint density at radius 3 is 2.93 bits per heavy atom. The summed E-state index contributed by atoms with van der Waals surface area (Å²) in [6.07, 6.45) is 4.57. The number of likely N-dealkylation sites (tertiary alicyclic amines) is 1. The maximum absolute atomic E-state index is 4.31. The van der Waals surface area contributed by atoms with Gasteiger partial charge in [-0.25, -0.2) is 4.98 Å². The predicted octanol–water partition coefficient (Wildman–Crippen LogP) is 1.90. The van der Waals surface area contributed by atoms with Gasteiger partial charge in [-0.1, -0.05) is 6.07 Å². The smallest absolute Gasteiger partial charge is 0.128 e. The van der Waals surface area contributed by atoms with Crippen LogP contribution in [-0.4, -0.2) is 36.1 Å². The van der Waals surface area contributed by atoms with E-state index in [2.05, 4.69) is 28.2 Å². The van der Waals surface area contributed by atoms with Crippen molar-refractivity contribution in [3.8, 4) is 0 Å². The van der Waals surface area contributed by atoms with Gasteiger partial charge >= 0.3 is 0 Å². The van der Waals surface area contributed by atoms with E-state index in [9.17, 15) is 0 Å². The number of aryl methyl sites for hydroxylation is 1. The largest absolute Gasteiger partial charge is 0.369 e. The minimum atomic E-state index is 0.998. The fraction of sp³-hybridized carbons (Fsp3) is 0.583. The monoisotopic (exact) mass is 205 g/mol. The molecule has 1 aliphatic rings. The zero-order valence-electron chi connectivity index (χ0n) is 9.37. The van der Waals surface area contributed by atoms with Crippen molar-refractivity contribution in [3.05, 3.63) is 23.9 Å². The van der Waals surface area contributed by atoms with Crippen LogP contribution in [0.4, 0.5) is 5.82 Å². The highest BCUT2D eigenvalue weighted by Gasteiger charge is 2.10. The number of anilines is 1. The van der Waals surface area contributed by atoms with Crippen molar-refractivity contribution in [1.82, 2.24) is 9.88 Å². The van der Waals surface area contributed by atoms with E-state index in [1.54, 1.807) is 0 Å². The topological polar surface area (TPSA) is 28.2 Å². The van der Waals surface area contributed by atoms with Gasteiger partial charge in [0.2, 0.25) is 0 Å². The van der Waals surface area contributed by atoms with Crippen LogP contribution in [0.5, 0.6) is 0 Å². The first kappa shape index (κ1) is 10.4. The van der Waals surface area contributed by atoms with Crippen molar-refractivity contribution in [3.63, 3.8) is 0 Å². The molecule has 0 bridgehead atoms. The normalized spacial score (nSPS) is 16.9. The van der Waals surface area contributed by atoms with E-state index in [-0.39, 0.29) is 0 Å². The van der Waals surface area contributed by atoms with Crippen LogP contribution in [0.2, 0.25) is 0 Å². The van der Waals surface area contributed by atoms with Crippen molar-refractivity contribution in [2.45, 2.75) is 19.8 Å². The molecule has 1 fully saturated rings. The fourth-order valence-corrected chi connectivity index (χ4v) is 2.01. The summed E-state index contributed by atoms with van der Waals surface area (Å²) in [6, 6.07) is 4.06. The lowest BCUT2D eigenvalue weighted by Crippen LogP contribution is -2.26. The summed E-state index contributed by atoms with van der Waals surface area (Å²) in [6.45, 7) is 6.75. The molecule has 1 N–H and O–H groups in total. The Labute approximate surface area is 91.5 Å². The number of hydrogen-bond acceptors (Lipinski definition) is 3. The molecule has 1 aliphatic heterocycles. The lowest BCUT2D eigenvalue weighted by atomic mass is 10.3. The molecular weight excluding hydrogens is 186 g/mol. The number of nitrogens with one attached hydrogen (secondary N) is 1. The number of pyridine rings is 1. The van der Waals surface area contributed by atoms with E-state index >= 15 is 0 Å². The molecule has 3 heteroatoms. The summed E-state index contributed by atoms with van der Waals surface area (Å²) in [5, 5.41) is 3.39. The summed E-state index contributed by atoms with van der Waals surface area (Å²) in [5.74, 6) is 1.02. The van der Waals surface area contributed by atoms with E-state index in [1.807, 2.05) is 12.3 Å². The number of nitrogens with zero attached hydrogens (tertiary/aromatic N) is 2. The van der Waals surface area contributed by atoms with Crippen LogP contribution >= 0.6 is 0 Å². The summed E-state index contributed by atoms with van der Waals surface area (Å²) in [5.41, 5.74) is 1.22. The number of rotatable bonds is 4. The van der Waals surface area contributed by atoms with Gasteiger partial charge in [0.15, 0.2) is 0 Å². The lowest BCUT2D eigenvalue weighted by Gasteiger charge is -2.15. The van der Waals surface area contributed by atoms with Gasteiger partial charge in [-0.15, -0.1) is 0 Å². The minimum absolute atomic E-state index is 0.998. The minimum Gasteiger partial charge on any atom is -0.369 e. The van der Waals surface area contributed by atoms with Crippen LogP contribution in [0, 0.1) is 6.92 Å². The molecule has 0 aliphatic carbocycles. The third kappa shape index (κ3) is 2.93. The second-order valence-electron chi connectivity index (χ2n) is 4.14. The van der Waals surface area contributed by atoms with E-state index in [0.29, 0.717) is 0 Å². The van der Waals surface area contributed by atoms with Gasteiger partial charge in [-0.05, 0) is 44.5 Å². The second-order valence-corrected chi connectivity index (χ2v) is 4.14. The Morgan fingerprint density at radius 1 is 1.40 bits per heavy atom. The molecule has 82 valence electrons. The lowest BCUT2D eigenvalue weighted by molar-refractivity contribution is 0.352. The van der Waals surface area contributed by atoms with E-state index in [1.165, 1.54) is 31.5 Å². The van der Waals surface area contributed by atoms with Crippen LogP contribution in [-0.2, 0) is 0 Å². The maximum atomic E-state index is 4.31. The molecule has 0 aromatic carbocycles. The predicted molar refractivity (Wildman–Crippen MR) is 63.1 cm³/mol. The second kappa shape index (κ2) is 5.12. The molecular formula is C12H19N3. The summed E-state index contributed by atoms with van der Waals surface area (Å²) < 4.78 is 0. The summed E-state index contributed by atoms with van der Waals surface area (Å²) >= 11 is 0. The molecule has 0 amide bonds. The molecule has 0 atom stereocenters. The quantitative estimate of drug-likeness (QED) is 0.813. The van der Waals surface area contributed by atoms with E-state index in [4.69, 9.17) is 0 Å². The van der Waals surface area contributed by atoms with Gasteiger partial charge < -0.3 is 10.2 Å². The van der Waals surface area contributed by atoms with Crippen molar-refractivity contribution in [2.24, 2.45) is 0 Å². The van der Waals surface area contributed by atoms with Gasteiger partial charge in [0.05, 0.1) is 0 Å². The van der Waals surface area contributed by atoms with Crippen molar-refractivity contribution in [2.75, 3.05) is 31.5 Å². The Hall–Kier alpha value is -1.09. The van der Waals surface area contributed by atoms with E-state index < -0.39 is 0 Å². The van der Waals surface area contributed by atoms with Crippen LogP contribution < -0.4 is 5.32 Å². The average molecular weight is 205 g/mol. The molecule has 2 heterocycles. The van der Waals surface area contributed by atoms with E-state index in [0.717, 1.165) is 18.9 Å². The molecule has 1 aromatic heterocycles. The van der Waals surface area contributed by atoms with Crippen LogP contribution in [0.3, 0.4) is 0 Å². The van der Waals surface area contributed by atoms with Gasteiger partial charge in [0.25, 0.3) is 0 Å². The number of aromatic nitrogens is 1. The molecule has 0 saturated carbocycles. The van der Waals surface area contributed by atoms with Gasteiger partial charge in [-0.3, -0.25) is 0 Å². The van der Waals surface area contributed by atoms with Crippen LogP contribution in [0.15, 0.2) is 18.3 Å². The highest BCUT2D eigenvalue weighted by Crippen LogP contribution is 2.09. The molecule has 1 aromatic rings. The molecule has 2 rings (SSSR count). The Balaban J connectivity index is 1.75. The fourth-order valence-electron chi connectivity index (χ4n) is 2.01. The van der Waals surface area contributed by atoms with Crippen molar-refractivity contribution in [1.29, 1.82) is 0 Å².